The number of urea groups is 1. The average molecular weight is 242 g/mol. The van der Waals surface area contributed by atoms with Gasteiger partial charge in [-0.05, 0) is 43.7 Å². The van der Waals surface area contributed by atoms with Crippen LogP contribution >= 0.6 is 0 Å². The van der Waals surface area contributed by atoms with Gasteiger partial charge in [0.05, 0.1) is 0 Å². The molecule has 94 valence electrons. The molecule has 2 amide bonds. The molecule has 0 atom stereocenters. The van der Waals surface area contributed by atoms with E-state index in [9.17, 15) is 4.79 Å². The largest absolute Gasteiger partial charge is 0.325 e. The number of hydrogen-bond donors (Lipinski definition) is 1. The maximum absolute atomic E-state index is 12.1. The van der Waals surface area contributed by atoms with Gasteiger partial charge in [0.25, 0.3) is 0 Å². The van der Waals surface area contributed by atoms with Crippen LogP contribution in [0, 0.1) is 5.92 Å². The van der Waals surface area contributed by atoms with Crippen LogP contribution in [0.2, 0.25) is 0 Å². The number of allylic oxidation sites excluding steroid dienone is 1. The third kappa shape index (κ3) is 2.13. The van der Waals surface area contributed by atoms with Crippen LogP contribution in [0.5, 0.6) is 0 Å². The Morgan fingerprint density at radius 1 is 1.39 bits per heavy atom. The molecule has 0 unspecified atom stereocenters. The molecule has 0 radical (unpaired) electrons. The van der Waals surface area contributed by atoms with Crippen LogP contribution in [0.4, 0.5) is 10.5 Å². The van der Waals surface area contributed by atoms with Crippen LogP contribution < -0.4 is 10.2 Å². The Hall–Kier alpha value is -1.77. The second kappa shape index (κ2) is 4.48. The number of carbonyl (C=O) groups excluding carboxylic acids is 1. The molecule has 1 aliphatic carbocycles. The van der Waals surface area contributed by atoms with Crippen LogP contribution in [0.15, 0.2) is 36.0 Å². The smallest absolute Gasteiger partial charge is 0.314 e. The fourth-order valence-electron chi connectivity index (χ4n) is 2.46. The predicted octanol–water partition coefficient (Wildman–Crippen LogP) is 3.07. The van der Waals surface area contributed by atoms with E-state index in [1.54, 1.807) is 0 Å². The summed E-state index contributed by atoms with van der Waals surface area (Å²) in [5.41, 5.74) is 3.60. The predicted molar refractivity (Wildman–Crippen MR) is 72.5 cm³/mol. The van der Waals surface area contributed by atoms with Crippen molar-refractivity contribution < 1.29 is 4.79 Å². The maximum Gasteiger partial charge on any atom is 0.325 e. The molecule has 0 aromatic heterocycles. The van der Waals surface area contributed by atoms with Gasteiger partial charge in [0.15, 0.2) is 0 Å². The molecule has 1 aromatic carbocycles. The zero-order valence-electron chi connectivity index (χ0n) is 10.6. The van der Waals surface area contributed by atoms with E-state index in [1.807, 2.05) is 29.3 Å². The molecule has 0 bridgehead atoms. The summed E-state index contributed by atoms with van der Waals surface area (Å²) in [5, 5.41) is 2.91. The summed E-state index contributed by atoms with van der Waals surface area (Å²) in [4.78, 5) is 14.0. The molecule has 1 saturated carbocycles. The van der Waals surface area contributed by atoms with E-state index >= 15 is 0 Å². The lowest BCUT2D eigenvalue weighted by Crippen LogP contribution is -2.36. The molecular formula is C15H18N2O. The average Bonchev–Trinajstić information content (AvgIpc) is 3.15. The maximum atomic E-state index is 12.1. The Labute approximate surface area is 107 Å². The molecule has 1 N–H and O–H groups in total. The standard InChI is InChI=1S/C15H18N2O/c1-11(12-6-7-12)10-16-15(18)17-9-8-13-4-2-3-5-14(13)17/h2-5,10,12H,6-9H2,1H3,(H,16,18)/b11-10+. The van der Waals surface area contributed by atoms with Crippen LogP contribution in [0.3, 0.4) is 0 Å². The van der Waals surface area contributed by atoms with E-state index in [0.717, 1.165) is 18.7 Å². The monoisotopic (exact) mass is 242 g/mol. The van der Waals surface area contributed by atoms with Crippen molar-refractivity contribution in [2.24, 2.45) is 5.92 Å². The lowest BCUT2D eigenvalue weighted by atomic mass is 10.2. The molecule has 1 heterocycles. The molecule has 0 spiro atoms. The molecule has 1 fully saturated rings. The zero-order chi connectivity index (χ0) is 12.5. The van der Waals surface area contributed by atoms with Gasteiger partial charge in [-0.15, -0.1) is 0 Å². The Morgan fingerprint density at radius 3 is 2.94 bits per heavy atom. The van der Waals surface area contributed by atoms with Crippen molar-refractivity contribution in [3.05, 3.63) is 41.6 Å². The molecule has 3 rings (SSSR count). The Balaban J connectivity index is 1.69. The van der Waals surface area contributed by atoms with Crippen LogP contribution in [0.25, 0.3) is 0 Å². The third-order valence-corrected chi connectivity index (χ3v) is 3.78. The number of anilines is 1. The molecule has 0 saturated heterocycles. The zero-order valence-corrected chi connectivity index (χ0v) is 10.6. The highest BCUT2D eigenvalue weighted by Gasteiger charge is 2.25. The van der Waals surface area contributed by atoms with E-state index < -0.39 is 0 Å². The van der Waals surface area contributed by atoms with Crippen molar-refractivity contribution in [1.82, 2.24) is 5.32 Å². The molecule has 18 heavy (non-hydrogen) atoms. The number of para-hydroxylation sites is 1. The third-order valence-electron chi connectivity index (χ3n) is 3.78. The minimum atomic E-state index is -0.0139. The number of hydrogen-bond acceptors (Lipinski definition) is 1. The summed E-state index contributed by atoms with van der Waals surface area (Å²) < 4.78 is 0. The molecular weight excluding hydrogens is 224 g/mol. The fraction of sp³-hybridized carbons (Fsp3) is 0.400. The van der Waals surface area contributed by atoms with Gasteiger partial charge in [0.1, 0.15) is 0 Å². The van der Waals surface area contributed by atoms with Gasteiger partial charge in [0.2, 0.25) is 0 Å². The van der Waals surface area contributed by atoms with Gasteiger partial charge in [-0.1, -0.05) is 23.8 Å². The summed E-state index contributed by atoms with van der Waals surface area (Å²) in [6.07, 6.45) is 5.37. The number of nitrogens with one attached hydrogen (secondary N) is 1. The summed E-state index contributed by atoms with van der Waals surface area (Å²) in [6, 6.07) is 8.10. The van der Waals surface area contributed by atoms with E-state index in [1.165, 1.54) is 24.0 Å². The quantitative estimate of drug-likeness (QED) is 0.849. The minimum absolute atomic E-state index is 0.0139. The van der Waals surface area contributed by atoms with Crippen molar-refractivity contribution in [3.8, 4) is 0 Å². The van der Waals surface area contributed by atoms with Gasteiger partial charge in [0, 0.05) is 18.4 Å². The van der Waals surface area contributed by atoms with E-state index in [2.05, 4.69) is 18.3 Å². The first-order valence-corrected chi connectivity index (χ1v) is 6.58. The first-order valence-electron chi connectivity index (χ1n) is 6.58. The first-order chi connectivity index (χ1) is 8.75. The van der Waals surface area contributed by atoms with Gasteiger partial charge >= 0.3 is 6.03 Å². The van der Waals surface area contributed by atoms with Crippen LogP contribution in [0.1, 0.15) is 25.3 Å². The summed E-state index contributed by atoms with van der Waals surface area (Å²) in [6.45, 7) is 2.87. The van der Waals surface area contributed by atoms with Crippen molar-refractivity contribution >= 4 is 11.7 Å². The van der Waals surface area contributed by atoms with Crippen molar-refractivity contribution in [2.45, 2.75) is 26.2 Å². The normalized spacial score (nSPS) is 18.7. The molecule has 2 aliphatic rings. The number of amides is 2. The van der Waals surface area contributed by atoms with E-state index in [-0.39, 0.29) is 6.03 Å². The first kappa shape index (κ1) is 11.3. The van der Waals surface area contributed by atoms with Gasteiger partial charge < -0.3 is 5.32 Å². The fourth-order valence-corrected chi connectivity index (χ4v) is 2.46. The van der Waals surface area contributed by atoms with Crippen molar-refractivity contribution in [3.63, 3.8) is 0 Å². The van der Waals surface area contributed by atoms with Crippen molar-refractivity contribution in [2.75, 3.05) is 11.4 Å². The van der Waals surface area contributed by atoms with E-state index in [4.69, 9.17) is 0 Å². The lowest BCUT2D eigenvalue weighted by molar-refractivity contribution is 0.250. The van der Waals surface area contributed by atoms with E-state index in [0.29, 0.717) is 5.92 Å². The highest BCUT2D eigenvalue weighted by Crippen LogP contribution is 2.35. The van der Waals surface area contributed by atoms with Gasteiger partial charge in [-0.3, -0.25) is 4.90 Å². The molecule has 3 nitrogen and oxygen atoms in total. The number of nitrogens with zero attached hydrogens (tertiary/aromatic N) is 1. The summed E-state index contributed by atoms with van der Waals surface area (Å²) in [7, 11) is 0. The van der Waals surface area contributed by atoms with Gasteiger partial charge in [-0.25, -0.2) is 4.79 Å². The molecule has 3 heteroatoms. The summed E-state index contributed by atoms with van der Waals surface area (Å²) in [5.74, 6) is 0.705. The number of carbonyl (C=O) groups is 1. The highest BCUT2D eigenvalue weighted by molar-refractivity contribution is 5.94. The Kier molecular flexibility index (Phi) is 2.82. The number of benzene rings is 1. The SMILES string of the molecule is C/C(=C\NC(=O)N1CCc2ccccc21)C1CC1. The molecule has 1 aliphatic heterocycles. The minimum Gasteiger partial charge on any atom is -0.314 e. The lowest BCUT2D eigenvalue weighted by Gasteiger charge is -2.16. The van der Waals surface area contributed by atoms with Crippen molar-refractivity contribution in [1.29, 1.82) is 0 Å². The summed E-state index contributed by atoms with van der Waals surface area (Å²) >= 11 is 0. The second-order valence-corrected chi connectivity index (χ2v) is 5.14. The number of fused-ring (bicyclic) bond motifs is 1. The Bertz CT molecular complexity index is 503. The number of rotatable bonds is 2. The molecule has 1 aromatic rings. The highest BCUT2D eigenvalue weighted by atomic mass is 16.2. The van der Waals surface area contributed by atoms with Crippen LogP contribution in [-0.4, -0.2) is 12.6 Å². The Morgan fingerprint density at radius 2 is 2.17 bits per heavy atom. The topological polar surface area (TPSA) is 32.3 Å². The van der Waals surface area contributed by atoms with Gasteiger partial charge in [-0.2, -0.15) is 0 Å². The second-order valence-electron chi connectivity index (χ2n) is 5.14. The van der Waals surface area contributed by atoms with Crippen LogP contribution in [-0.2, 0) is 6.42 Å².